The van der Waals surface area contributed by atoms with Crippen LogP contribution in [0.4, 0.5) is 5.69 Å². The molecule has 0 saturated carbocycles. The highest BCUT2D eigenvalue weighted by molar-refractivity contribution is 7.92. The van der Waals surface area contributed by atoms with Crippen molar-refractivity contribution in [1.29, 1.82) is 0 Å². The molecule has 0 unspecified atom stereocenters. The van der Waals surface area contributed by atoms with E-state index in [0.29, 0.717) is 11.3 Å². The fourth-order valence-electron chi connectivity index (χ4n) is 2.69. The van der Waals surface area contributed by atoms with Gasteiger partial charge in [-0.1, -0.05) is 29.3 Å². The lowest BCUT2D eigenvalue weighted by Gasteiger charge is -2.15. The Morgan fingerprint density at radius 1 is 1.00 bits per heavy atom. The molecule has 2 aromatic rings. The summed E-state index contributed by atoms with van der Waals surface area (Å²) < 4.78 is 27.4. The maximum atomic E-state index is 12.5. The van der Waals surface area contributed by atoms with Crippen molar-refractivity contribution in [1.82, 2.24) is 4.90 Å². The van der Waals surface area contributed by atoms with Crippen LogP contribution in [0, 0.1) is 0 Å². The van der Waals surface area contributed by atoms with Crippen LogP contribution in [-0.4, -0.2) is 32.3 Å². The average Bonchev–Trinajstić information content (AvgIpc) is 3.11. The zero-order valence-corrected chi connectivity index (χ0v) is 15.5. The molecular formula is C17H16Cl2N2O3S. The van der Waals surface area contributed by atoms with Crippen molar-refractivity contribution in [3.63, 3.8) is 0 Å². The van der Waals surface area contributed by atoms with E-state index in [9.17, 15) is 13.2 Å². The van der Waals surface area contributed by atoms with Crippen LogP contribution in [0.25, 0.3) is 0 Å². The average molecular weight is 399 g/mol. The van der Waals surface area contributed by atoms with Crippen LogP contribution in [0.15, 0.2) is 47.4 Å². The molecule has 1 N–H and O–H groups in total. The first-order valence-electron chi connectivity index (χ1n) is 7.75. The first-order chi connectivity index (χ1) is 11.9. The van der Waals surface area contributed by atoms with Crippen LogP contribution in [0.2, 0.25) is 10.0 Å². The second-order valence-electron chi connectivity index (χ2n) is 5.73. The monoisotopic (exact) mass is 398 g/mol. The topological polar surface area (TPSA) is 66.5 Å². The van der Waals surface area contributed by atoms with Gasteiger partial charge in [0, 0.05) is 24.3 Å². The number of halogens is 2. The Morgan fingerprint density at radius 3 is 2.28 bits per heavy atom. The molecule has 0 atom stereocenters. The molecule has 1 fully saturated rings. The van der Waals surface area contributed by atoms with Gasteiger partial charge in [0.05, 0.1) is 10.0 Å². The number of nitrogens with one attached hydrogen (secondary N) is 1. The maximum absolute atomic E-state index is 12.5. The number of hydrogen-bond donors (Lipinski definition) is 1. The molecule has 1 aliphatic rings. The van der Waals surface area contributed by atoms with Crippen molar-refractivity contribution in [2.75, 3.05) is 17.8 Å². The molecule has 5 nitrogen and oxygen atoms in total. The highest BCUT2D eigenvalue weighted by Gasteiger charge is 2.21. The lowest BCUT2D eigenvalue weighted by Crippen LogP contribution is -2.27. The first kappa shape index (κ1) is 18.0. The van der Waals surface area contributed by atoms with Gasteiger partial charge < -0.3 is 4.90 Å². The number of hydrogen-bond acceptors (Lipinski definition) is 3. The number of amides is 1. The molecule has 0 aliphatic carbocycles. The fraction of sp³-hybridized carbons (Fsp3) is 0.235. The Bertz CT molecular complexity index is 893. The van der Waals surface area contributed by atoms with Gasteiger partial charge in [-0.25, -0.2) is 8.42 Å². The molecule has 25 heavy (non-hydrogen) atoms. The normalized spacial score (nSPS) is 14.6. The molecule has 1 aliphatic heterocycles. The SMILES string of the molecule is O=C(c1ccc(NS(=O)(=O)c2cccc(Cl)c2Cl)cc1)N1CCCC1. The Hall–Kier alpha value is -1.76. The van der Waals surface area contributed by atoms with Crippen molar-refractivity contribution in [3.05, 3.63) is 58.1 Å². The number of carbonyl (C=O) groups excluding carboxylic acids is 1. The zero-order chi connectivity index (χ0) is 18.0. The molecular weight excluding hydrogens is 383 g/mol. The summed E-state index contributed by atoms with van der Waals surface area (Å²) in [5.74, 6) is -0.0372. The minimum Gasteiger partial charge on any atom is -0.339 e. The molecule has 0 bridgehead atoms. The van der Waals surface area contributed by atoms with E-state index in [1.54, 1.807) is 29.2 Å². The molecule has 1 amide bonds. The summed E-state index contributed by atoms with van der Waals surface area (Å²) in [6.45, 7) is 1.53. The lowest BCUT2D eigenvalue weighted by atomic mass is 10.2. The highest BCUT2D eigenvalue weighted by atomic mass is 35.5. The van der Waals surface area contributed by atoms with Gasteiger partial charge in [-0.2, -0.15) is 0 Å². The van der Waals surface area contributed by atoms with Gasteiger partial charge in [0.1, 0.15) is 4.90 Å². The summed E-state index contributed by atoms with van der Waals surface area (Å²) in [7, 11) is -3.88. The summed E-state index contributed by atoms with van der Waals surface area (Å²) in [6, 6.07) is 10.7. The summed E-state index contributed by atoms with van der Waals surface area (Å²) in [5.41, 5.74) is 0.875. The van der Waals surface area contributed by atoms with Gasteiger partial charge in [0.2, 0.25) is 0 Å². The molecule has 3 rings (SSSR count). The van der Waals surface area contributed by atoms with Crippen LogP contribution in [-0.2, 0) is 10.0 Å². The van der Waals surface area contributed by atoms with Gasteiger partial charge in [-0.15, -0.1) is 0 Å². The third-order valence-electron chi connectivity index (χ3n) is 3.98. The third-order valence-corrected chi connectivity index (χ3v) is 6.34. The molecule has 2 aromatic carbocycles. The van der Waals surface area contributed by atoms with Crippen LogP contribution < -0.4 is 4.72 Å². The zero-order valence-electron chi connectivity index (χ0n) is 13.2. The number of sulfonamides is 1. The Labute approximate surface area is 156 Å². The number of likely N-dealkylation sites (tertiary alicyclic amines) is 1. The minimum absolute atomic E-state index is 0.0301. The van der Waals surface area contributed by atoms with E-state index in [-0.39, 0.29) is 20.8 Å². The Morgan fingerprint density at radius 2 is 1.64 bits per heavy atom. The third kappa shape index (κ3) is 3.92. The van der Waals surface area contributed by atoms with Gasteiger partial charge >= 0.3 is 0 Å². The predicted octanol–water partition coefficient (Wildman–Crippen LogP) is 4.03. The largest absolute Gasteiger partial charge is 0.339 e. The quantitative estimate of drug-likeness (QED) is 0.844. The van der Waals surface area contributed by atoms with E-state index < -0.39 is 10.0 Å². The van der Waals surface area contributed by atoms with Crippen molar-refractivity contribution >= 4 is 44.8 Å². The summed E-state index contributed by atoms with van der Waals surface area (Å²) in [5, 5.41) is 0.133. The second-order valence-corrected chi connectivity index (χ2v) is 8.17. The number of nitrogens with zero attached hydrogens (tertiary/aromatic N) is 1. The lowest BCUT2D eigenvalue weighted by molar-refractivity contribution is 0.0793. The minimum atomic E-state index is -3.88. The van der Waals surface area contributed by atoms with Gasteiger partial charge in [-0.3, -0.25) is 9.52 Å². The van der Waals surface area contributed by atoms with Gasteiger partial charge in [-0.05, 0) is 49.2 Å². The summed E-state index contributed by atoms with van der Waals surface area (Å²) in [4.78, 5) is 14.0. The van der Waals surface area contributed by atoms with E-state index in [1.807, 2.05) is 0 Å². The number of carbonyl (C=O) groups is 1. The van der Waals surface area contributed by atoms with Crippen LogP contribution in [0.3, 0.4) is 0 Å². The van der Waals surface area contributed by atoms with Crippen LogP contribution >= 0.6 is 23.2 Å². The molecule has 0 spiro atoms. The number of anilines is 1. The van der Waals surface area contributed by atoms with Crippen LogP contribution in [0.5, 0.6) is 0 Å². The Balaban J connectivity index is 1.79. The molecule has 0 aromatic heterocycles. The van der Waals surface area contributed by atoms with E-state index in [0.717, 1.165) is 25.9 Å². The van der Waals surface area contributed by atoms with Crippen molar-refractivity contribution < 1.29 is 13.2 Å². The fourth-order valence-corrected chi connectivity index (χ4v) is 4.51. The van der Waals surface area contributed by atoms with E-state index in [1.165, 1.54) is 18.2 Å². The van der Waals surface area contributed by atoms with Crippen molar-refractivity contribution in [2.45, 2.75) is 17.7 Å². The first-order valence-corrected chi connectivity index (χ1v) is 9.98. The summed E-state index contributed by atoms with van der Waals surface area (Å²) >= 11 is 11.9. The van der Waals surface area contributed by atoms with Crippen molar-refractivity contribution in [3.8, 4) is 0 Å². The molecule has 0 radical (unpaired) electrons. The van der Waals surface area contributed by atoms with Crippen LogP contribution in [0.1, 0.15) is 23.2 Å². The number of rotatable bonds is 4. The summed E-state index contributed by atoms with van der Waals surface area (Å²) in [6.07, 6.45) is 2.04. The Kier molecular flexibility index (Phi) is 5.22. The van der Waals surface area contributed by atoms with Gasteiger partial charge in [0.25, 0.3) is 15.9 Å². The molecule has 132 valence electrons. The number of benzene rings is 2. The molecule has 1 saturated heterocycles. The molecule has 8 heteroatoms. The van der Waals surface area contributed by atoms with E-state index >= 15 is 0 Å². The predicted molar refractivity (Wildman–Crippen MR) is 98.9 cm³/mol. The van der Waals surface area contributed by atoms with E-state index in [2.05, 4.69) is 4.72 Å². The smallest absolute Gasteiger partial charge is 0.263 e. The molecule has 1 heterocycles. The standard InChI is InChI=1S/C17H16Cl2N2O3S/c18-14-4-3-5-15(16(14)19)25(23,24)20-13-8-6-12(7-9-13)17(22)21-10-1-2-11-21/h3-9,20H,1-2,10-11H2. The highest BCUT2D eigenvalue weighted by Crippen LogP contribution is 2.30. The van der Waals surface area contributed by atoms with Gasteiger partial charge in [0.15, 0.2) is 0 Å². The maximum Gasteiger partial charge on any atom is 0.263 e. The second kappa shape index (κ2) is 7.23. The van der Waals surface area contributed by atoms with E-state index in [4.69, 9.17) is 23.2 Å². The van der Waals surface area contributed by atoms with Crippen molar-refractivity contribution in [2.24, 2.45) is 0 Å².